The van der Waals surface area contributed by atoms with Gasteiger partial charge in [0.05, 0.1) is 12.7 Å². The number of likely N-dealkylation sites (N-methyl/N-ethyl adjacent to an activating group) is 1. The highest BCUT2D eigenvalue weighted by molar-refractivity contribution is 5.96. The summed E-state index contributed by atoms with van der Waals surface area (Å²) in [6.07, 6.45) is -0.520. The Hall–Kier alpha value is -2.41. The minimum Gasteiger partial charge on any atom is -0.459 e. The van der Waals surface area contributed by atoms with E-state index < -0.39 is 23.7 Å². The minimum absolute atomic E-state index is 0.142. The van der Waals surface area contributed by atoms with E-state index in [2.05, 4.69) is 0 Å². The van der Waals surface area contributed by atoms with Gasteiger partial charge in [0.15, 0.2) is 0 Å². The minimum atomic E-state index is -0.780. The molecule has 2 rings (SSSR count). The molecule has 1 aliphatic rings. The maximum atomic E-state index is 12.9. The molecular formula is C20H28N2O5. The van der Waals surface area contributed by atoms with Gasteiger partial charge in [-0.3, -0.25) is 14.4 Å². The third-order valence-corrected chi connectivity index (χ3v) is 4.24. The first-order valence-electron chi connectivity index (χ1n) is 9.00. The summed E-state index contributed by atoms with van der Waals surface area (Å²) in [4.78, 5) is 39.9. The predicted molar refractivity (Wildman–Crippen MR) is 99.7 cm³/mol. The lowest BCUT2D eigenvalue weighted by molar-refractivity contribution is -0.168. The summed E-state index contributed by atoms with van der Waals surface area (Å²) in [7, 11) is 1.58. The number of amides is 2. The fourth-order valence-corrected chi connectivity index (χ4v) is 2.93. The van der Waals surface area contributed by atoms with Crippen LogP contribution in [0.1, 0.15) is 33.3 Å². The zero-order valence-corrected chi connectivity index (χ0v) is 16.6. The number of benzene rings is 1. The van der Waals surface area contributed by atoms with Gasteiger partial charge in [-0.1, -0.05) is 30.3 Å². The van der Waals surface area contributed by atoms with Crippen molar-refractivity contribution in [3.05, 3.63) is 35.9 Å². The molecule has 2 amide bonds. The summed E-state index contributed by atoms with van der Waals surface area (Å²) in [6.45, 7) is 6.96. The largest absolute Gasteiger partial charge is 0.459 e. The maximum Gasteiger partial charge on any atom is 0.326 e. The van der Waals surface area contributed by atoms with Gasteiger partial charge in [0, 0.05) is 7.05 Å². The molecule has 7 heteroatoms. The van der Waals surface area contributed by atoms with Crippen LogP contribution in [0.5, 0.6) is 0 Å². The molecule has 1 aliphatic heterocycles. The van der Waals surface area contributed by atoms with Crippen molar-refractivity contribution in [1.29, 1.82) is 0 Å². The van der Waals surface area contributed by atoms with E-state index in [-0.39, 0.29) is 24.9 Å². The van der Waals surface area contributed by atoms with Crippen LogP contribution in [0.4, 0.5) is 0 Å². The number of carbonyl (C=O) groups excluding carboxylic acids is 3. The van der Waals surface area contributed by atoms with Crippen molar-refractivity contribution in [1.82, 2.24) is 9.80 Å². The summed E-state index contributed by atoms with van der Waals surface area (Å²) in [5, 5.41) is 0. The van der Waals surface area contributed by atoms with E-state index >= 15 is 0 Å². The van der Waals surface area contributed by atoms with E-state index in [9.17, 15) is 14.4 Å². The lowest BCUT2D eigenvalue weighted by Crippen LogP contribution is -2.63. The molecule has 7 nitrogen and oxygen atoms in total. The average Bonchev–Trinajstić information content (AvgIpc) is 2.57. The van der Waals surface area contributed by atoms with Crippen LogP contribution < -0.4 is 0 Å². The Kier molecular flexibility index (Phi) is 6.59. The molecule has 1 saturated heterocycles. The Morgan fingerprint density at radius 1 is 1.22 bits per heavy atom. The number of rotatable bonds is 6. The van der Waals surface area contributed by atoms with E-state index in [4.69, 9.17) is 9.47 Å². The van der Waals surface area contributed by atoms with Gasteiger partial charge < -0.3 is 19.3 Å². The van der Waals surface area contributed by atoms with Crippen molar-refractivity contribution in [3.8, 4) is 0 Å². The highest BCUT2D eigenvalue weighted by Gasteiger charge is 2.42. The number of hydrogen-bond donors (Lipinski definition) is 0. The van der Waals surface area contributed by atoms with Gasteiger partial charge in [-0.25, -0.2) is 0 Å². The zero-order chi connectivity index (χ0) is 20.2. The third kappa shape index (κ3) is 5.79. The smallest absolute Gasteiger partial charge is 0.326 e. The Morgan fingerprint density at radius 3 is 2.44 bits per heavy atom. The standard InChI is InChI=1S/C20H28N2O5/c1-14(26-13-15-9-7-6-8-10-15)18-19(25)22(11-16(23)21(18)5)12-17(24)27-20(2,3)4/h6-10,14,18H,11-13H2,1-5H3/t14-,18+/m1/s1. The molecular weight excluding hydrogens is 348 g/mol. The molecule has 0 radical (unpaired) electrons. The van der Waals surface area contributed by atoms with Crippen LogP contribution >= 0.6 is 0 Å². The first-order valence-corrected chi connectivity index (χ1v) is 9.00. The molecule has 1 heterocycles. The van der Waals surface area contributed by atoms with Gasteiger partial charge in [0.25, 0.3) is 0 Å². The van der Waals surface area contributed by atoms with Crippen molar-refractivity contribution in [2.45, 2.75) is 52.0 Å². The maximum absolute atomic E-state index is 12.9. The van der Waals surface area contributed by atoms with Crippen LogP contribution in [-0.4, -0.2) is 65.5 Å². The molecule has 0 spiro atoms. The normalized spacial score (nSPS) is 19.2. The molecule has 0 aromatic heterocycles. The zero-order valence-electron chi connectivity index (χ0n) is 16.6. The quantitative estimate of drug-likeness (QED) is 0.705. The molecule has 2 atom stereocenters. The van der Waals surface area contributed by atoms with Gasteiger partial charge in [-0.2, -0.15) is 0 Å². The number of piperazine rings is 1. The van der Waals surface area contributed by atoms with Crippen molar-refractivity contribution in [2.75, 3.05) is 20.1 Å². The monoisotopic (exact) mass is 376 g/mol. The third-order valence-electron chi connectivity index (χ3n) is 4.24. The summed E-state index contributed by atoms with van der Waals surface area (Å²) in [6, 6.07) is 8.81. The molecule has 0 aliphatic carbocycles. The van der Waals surface area contributed by atoms with Gasteiger partial charge in [-0.15, -0.1) is 0 Å². The van der Waals surface area contributed by atoms with Crippen LogP contribution in [0.15, 0.2) is 30.3 Å². The van der Waals surface area contributed by atoms with Crippen molar-refractivity contribution in [3.63, 3.8) is 0 Å². The van der Waals surface area contributed by atoms with Crippen LogP contribution in [0.3, 0.4) is 0 Å². The molecule has 1 fully saturated rings. The fraction of sp³-hybridized carbons (Fsp3) is 0.550. The van der Waals surface area contributed by atoms with Crippen molar-refractivity contribution in [2.24, 2.45) is 0 Å². The Morgan fingerprint density at radius 2 is 1.85 bits per heavy atom. The van der Waals surface area contributed by atoms with E-state index in [0.717, 1.165) is 5.56 Å². The molecule has 27 heavy (non-hydrogen) atoms. The molecule has 0 unspecified atom stereocenters. The summed E-state index contributed by atoms with van der Waals surface area (Å²) in [5.74, 6) is -1.09. The number of nitrogens with zero attached hydrogens (tertiary/aromatic N) is 2. The number of esters is 1. The summed E-state index contributed by atoms with van der Waals surface area (Å²) >= 11 is 0. The number of hydrogen-bond acceptors (Lipinski definition) is 5. The first-order chi connectivity index (χ1) is 12.6. The second-order valence-electron chi connectivity index (χ2n) is 7.73. The Bertz CT molecular complexity index is 683. The number of carbonyl (C=O) groups is 3. The first kappa shape index (κ1) is 20.9. The molecule has 0 bridgehead atoms. The van der Waals surface area contributed by atoms with Gasteiger partial charge >= 0.3 is 5.97 Å². The fourth-order valence-electron chi connectivity index (χ4n) is 2.93. The highest BCUT2D eigenvalue weighted by Crippen LogP contribution is 2.18. The second-order valence-corrected chi connectivity index (χ2v) is 7.73. The Balaban J connectivity index is 2.04. The average molecular weight is 376 g/mol. The van der Waals surface area contributed by atoms with Crippen LogP contribution in [-0.2, 0) is 30.5 Å². The SMILES string of the molecule is C[C@@H](OCc1ccccc1)[C@H]1C(=O)N(CC(=O)OC(C)(C)C)CC(=O)N1C. The van der Waals surface area contributed by atoms with Crippen LogP contribution in [0.2, 0.25) is 0 Å². The molecule has 0 saturated carbocycles. The molecule has 1 aromatic rings. The molecule has 148 valence electrons. The van der Waals surface area contributed by atoms with Crippen molar-refractivity contribution < 1.29 is 23.9 Å². The van der Waals surface area contributed by atoms with Gasteiger partial charge in [-0.05, 0) is 33.3 Å². The Labute approximate surface area is 160 Å². The molecule has 1 aromatic carbocycles. The lowest BCUT2D eigenvalue weighted by atomic mass is 10.1. The van der Waals surface area contributed by atoms with Crippen LogP contribution in [0, 0.1) is 0 Å². The summed E-state index contributed by atoms with van der Waals surface area (Å²) in [5.41, 5.74) is 0.328. The second kappa shape index (κ2) is 8.52. The van der Waals surface area contributed by atoms with Crippen molar-refractivity contribution >= 4 is 17.8 Å². The number of ether oxygens (including phenoxy) is 2. The van der Waals surface area contributed by atoms with E-state index in [0.29, 0.717) is 6.61 Å². The molecule has 0 N–H and O–H groups in total. The lowest BCUT2D eigenvalue weighted by Gasteiger charge is -2.40. The van der Waals surface area contributed by atoms with E-state index in [1.54, 1.807) is 34.7 Å². The highest BCUT2D eigenvalue weighted by atomic mass is 16.6. The topological polar surface area (TPSA) is 76.1 Å². The van der Waals surface area contributed by atoms with E-state index in [1.807, 2.05) is 30.3 Å². The van der Waals surface area contributed by atoms with E-state index in [1.165, 1.54) is 9.80 Å². The van der Waals surface area contributed by atoms with Crippen LogP contribution in [0.25, 0.3) is 0 Å². The van der Waals surface area contributed by atoms with Gasteiger partial charge in [0.2, 0.25) is 11.8 Å². The predicted octanol–water partition coefficient (Wildman–Crippen LogP) is 1.60. The summed E-state index contributed by atoms with van der Waals surface area (Å²) < 4.78 is 11.1. The van der Waals surface area contributed by atoms with Gasteiger partial charge in [0.1, 0.15) is 24.7 Å².